The van der Waals surface area contributed by atoms with Crippen molar-refractivity contribution in [3.8, 4) is 5.75 Å². The Balaban J connectivity index is 1.66. The number of morpholine rings is 1. The van der Waals surface area contributed by atoms with Gasteiger partial charge in [-0.2, -0.15) is 4.31 Å². The number of carbonyl (C=O) groups excluding carboxylic acids is 2. The molecule has 10 heteroatoms. The van der Waals surface area contributed by atoms with Crippen molar-refractivity contribution in [3.05, 3.63) is 23.8 Å². The maximum atomic E-state index is 13.1. The van der Waals surface area contributed by atoms with Gasteiger partial charge in [-0.1, -0.05) is 26.7 Å². The molecule has 1 amide bonds. The lowest BCUT2D eigenvalue weighted by molar-refractivity contribution is -0.125. The number of rotatable bonds is 7. The molecule has 0 bridgehead atoms. The lowest BCUT2D eigenvalue weighted by atomic mass is 9.78. The van der Waals surface area contributed by atoms with Gasteiger partial charge in [0, 0.05) is 19.1 Å². The Morgan fingerprint density at radius 2 is 1.91 bits per heavy atom. The average Bonchev–Trinajstić information content (AvgIpc) is 2.80. The zero-order valence-electron chi connectivity index (χ0n) is 18.8. The highest BCUT2D eigenvalue weighted by Crippen LogP contribution is 2.30. The van der Waals surface area contributed by atoms with E-state index in [4.69, 9.17) is 14.2 Å². The van der Waals surface area contributed by atoms with Crippen molar-refractivity contribution in [1.82, 2.24) is 9.62 Å². The van der Waals surface area contributed by atoms with Crippen LogP contribution in [0.3, 0.4) is 0 Å². The van der Waals surface area contributed by atoms with Crippen molar-refractivity contribution >= 4 is 21.9 Å². The number of carbonyl (C=O) groups is 2. The van der Waals surface area contributed by atoms with Gasteiger partial charge in [-0.15, -0.1) is 0 Å². The van der Waals surface area contributed by atoms with E-state index in [1.165, 1.54) is 29.6 Å². The molecular formula is C22H32N2O7S. The summed E-state index contributed by atoms with van der Waals surface area (Å²) >= 11 is 0. The maximum Gasteiger partial charge on any atom is 0.338 e. The predicted octanol–water partition coefficient (Wildman–Crippen LogP) is 1.81. The third-order valence-electron chi connectivity index (χ3n) is 6.37. The molecule has 1 saturated carbocycles. The molecule has 9 nitrogen and oxygen atoms in total. The minimum atomic E-state index is -3.88. The van der Waals surface area contributed by atoms with Crippen molar-refractivity contribution in [2.24, 2.45) is 11.8 Å². The predicted molar refractivity (Wildman–Crippen MR) is 117 cm³/mol. The van der Waals surface area contributed by atoms with Crippen LogP contribution in [0.1, 0.15) is 43.5 Å². The molecule has 1 saturated heterocycles. The van der Waals surface area contributed by atoms with Gasteiger partial charge in [0.2, 0.25) is 10.0 Å². The molecule has 3 unspecified atom stereocenters. The number of benzene rings is 1. The Labute approximate surface area is 189 Å². The van der Waals surface area contributed by atoms with Gasteiger partial charge in [-0.3, -0.25) is 4.79 Å². The van der Waals surface area contributed by atoms with Crippen LogP contribution in [0.4, 0.5) is 0 Å². The summed E-state index contributed by atoms with van der Waals surface area (Å²) in [6.07, 6.45) is 3.12. The van der Waals surface area contributed by atoms with Crippen LogP contribution in [-0.2, 0) is 24.3 Å². The van der Waals surface area contributed by atoms with Crippen molar-refractivity contribution in [2.45, 2.75) is 44.0 Å². The molecule has 1 heterocycles. The van der Waals surface area contributed by atoms with Crippen LogP contribution >= 0.6 is 0 Å². The summed E-state index contributed by atoms with van der Waals surface area (Å²) in [4.78, 5) is 24.7. The van der Waals surface area contributed by atoms with E-state index >= 15 is 0 Å². The van der Waals surface area contributed by atoms with Crippen LogP contribution < -0.4 is 10.1 Å². The summed E-state index contributed by atoms with van der Waals surface area (Å²) in [5.41, 5.74) is 0.0325. The van der Waals surface area contributed by atoms with Crippen molar-refractivity contribution in [1.29, 1.82) is 0 Å². The summed E-state index contributed by atoms with van der Waals surface area (Å²) in [7, 11) is -2.52. The Hall–Kier alpha value is -2.17. The highest BCUT2D eigenvalue weighted by atomic mass is 32.2. The first-order valence-corrected chi connectivity index (χ1v) is 12.4. The first-order valence-electron chi connectivity index (χ1n) is 11.0. The third-order valence-corrected chi connectivity index (χ3v) is 8.29. The Bertz CT molecular complexity index is 928. The zero-order chi connectivity index (χ0) is 23.3. The standard InChI is InChI=1S/C22H32N2O7S/c1-15-5-4-6-18(16(15)2)23-21(25)14-31-22(26)17-7-8-19(29-3)20(13-17)32(27,28)24-9-11-30-12-10-24/h7-8,13,15-16,18H,4-6,9-12,14H2,1-3H3,(H,23,25). The second-order valence-electron chi connectivity index (χ2n) is 8.40. The Kier molecular flexibility index (Phi) is 8.13. The van der Waals surface area contributed by atoms with Crippen LogP contribution in [0.5, 0.6) is 5.75 Å². The zero-order valence-corrected chi connectivity index (χ0v) is 19.7. The number of hydrogen-bond acceptors (Lipinski definition) is 7. The van der Waals surface area contributed by atoms with Gasteiger partial charge in [-0.25, -0.2) is 13.2 Å². The summed E-state index contributed by atoms with van der Waals surface area (Å²) in [5, 5.41) is 2.95. The molecule has 1 aromatic rings. The lowest BCUT2D eigenvalue weighted by Crippen LogP contribution is -2.45. The molecule has 1 N–H and O–H groups in total. The molecule has 2 aliphatic rings. The lowest BCUT2D eigenvalue weighted by Gasteiger charge is -2.34. The SMILES string of the molecule is COc1ccc(C(=O)OCC(=O)NC2CCCC(C)C2C)cc1S(=O)(=O)N1CCOCC1. The van der Waals surface area contributed by atoms with Crippen LogP contribution in [0.15, 0.2) is 23.1 Å². The molecule has 1 aliphatic carbocycles. The molecule has 0 spiro atoms. The van der Waals surface area contributed by atoms with Gasteiger partial charge in [0.15, 0.2) is 6.61 Å². The van der Waals surface area contributed by atoms with Crippen molar-refractivity contribution < 1.29 is 32.2 Å². The second kappa shape index (κ2) is 10.6. The van der Waals surface area contributed by atoms with Crippen LogP contribution in [0.2, 0.25) is 0 Å². The Morgan fingerprint density at radius 1 is 1.19 bits per heavy atom. The van der Waals surface area contributed by atoms with Crippen molar-refractivity contribution in [2.75, 3.05) is 40.0 Å². The van der Waals surface area contributed by atoms with E-state index in [0.29, 0.717) is 25.0 Å². The van der Waals surface area contributed by atoms with E-state index < -0.39 is 22.6 Å². The monoisotopic (exact) mass is 468 g/mol. The average molecular weight is 469 g/mol. The molecule has 0 aromatic heterocycles. The molecule has 2 fully saturated rings. The second-order valence-corrected chi connectivity index (χ2v) is 10.3. The number of nitrogens with zero attached hydrogens (tertiary/aromatic N) is 1. The van der Waals surface area contributed by atoms with Gasteiger partial charge in [-0.05, 0) is 36.5 Å². The summed E-state index contributed by atoms with van der Waals surface area (Å²) in [6, 6.07) is 4.13. The van der Waals surface area contributed by atoms with Gasteiger partial charge < -0.3 is 19.5 Å². The number of hydrogen-bond donors (Lipinski definition) is 1. The fourth-order valence-electron chi connectivity index (χ4n) is 4.18. The van der Waals surface area contributed by atoms with E-state index in [0.717, 1.165) is 19.3 Å². The van der Waals surface area contributed by atoms with Crippen LogP contribution in [-0.4, -0.2) is 70.7 Å². The molecular weight excluding hydrogens is 436 g/mol. The number of sulfonamides is 1. The van der Waals surface area contributed by atoms with Gasteiger partial charge in [0.25, 0.3) is 5.91 Å². The highest BCUT2D eigenvalue weighted by Gasteiger charge is 2.31. The quantitative estimate of drug-likeness (QED) is 0.608. The maximum absolute atomic E-state index is 13.1. The summed E-state index contributed by atoms with van der Waals surface area (Å²) in [6.45, 7) is 4.92. The van der Waals surface area contributed by atoms with E-state index in [-0.39, 0.29) is 41.2 Å². The van der Waals surface area contributed by atoms with Crippen LogP contribution in [0.25, 0.3) is 0 Å². The first-order chi connectivity index (χ1) is 15.2. The number of esters is 1. The molecule has 3 rings (SSSR count). The molecule has 32 heavy (non-hydrogen) atoms. The fourth-order valence-corrected chi connectivity index (χ4v) is 5.77. The van der Waals surface area contributed by atoms with Crippen molar-refractivity contribution in [3.63, 3.8) is 0 Å². The molecule has 0 radical (unpaired) electrons. The molecule has 3 atom stereocenters. The molecule has 1 aromatic carbocycles. The fraction of sp³-hybridized carbons (Fsp3) is 0.636. The summed E-state index contributed by atoms with van der Waals surface area (Å²) < 4.78 is 43.0. The van der Waals surface area contributed by atoms with E-state index in [2.05, 4.69) is 19.2 Å². The normalized spacial score (nSPS) is 24.5. The van der Waals surface area contributed by atoms with Gasteiger partial charge >= 0.3 is 5.97 Å². The summed E-state index contributed by atoms with van der Waals surface area (Å²) in [5.74, 6) is -0.114. The minimum absolute atomic E-state index is 0.0325. The van der Waals surface area contributed by atoms with E-state index in [1.54, 1.807) is 0 Å². The van der Waals surface area contributed by atoms with Gasteiger partial charge in [0.05, 0.1) is 25.9 Å². The minimum Gasteiger partial charge on any atom is -0.495 e. The van der Waals surface area contributed by atoms with Crippen LogP contribution in [0, 0.1) is 11.8 Å². The van der Waals surface area contributed by atoms with E-state index in [1.807, 2.05) is 0 Å². The smallest absolute Gasteiger partial charge is 0.338 e. The number of methoxy groups -OCH3 is 1. The number of ether oxygens (including phenoxy) is 3. The number of amides is 1. The topological polar surface area (TPSA) is 111 Å². The molecule has 178 valence electrons. The van der Waals surface area contributed by atoms with Gasteiger partial charge in [0.1, 0.15) is 10.6 Å². The largest absolute Gasteiger partial charge is 0.495 e. The molecule has 1 aliphatic heterocycles. The first kappa shape index (κ1) is 24.5. The Morgan fingerprint density at radius 3 is 2.59 bits per heavy atom. The van der Waals surface area contributed by atoms with E-state index in [9.17, 15) is 18.0 Å². The number of nitrogens with one attached hydrogen (secondary N) is 1. The highest BCUT2D eigenvalue weighted by molar-refractivity contribution is 7.89. The third kappa shape index (κ3) is 5.60.